The zero-order valence-corrected chi connectivity index (χ0v) is 13.9. The van der Waals surface area contributed by atoms with Gasteiger partial charge < -0.3 is 14.6 Å². The predicted molar refractivity (Wildman–Crippen MR) is 93.6 cm³/mol. The molecule has 0 aliphatic carbocycles. The van der Waals surface area contributed by atoms with E-state index in [-0.39, 0.29) is 0 Å². The lowest BCUT2D eigenvalue weighted by molar-refractivity contribution is 0.517. The summed E-state index contributed by atoms with van der Waals surface area (Å²) in [7, 11) is 0. The van der Waals surface area contributed by atoms with Crippen molar-refractivity contribution >= 4 is 11.8 Å². The maximum atomic E-state index is 5.30. The first-order chi connectivity index (χ1) is 11.7. The van der Waals surface area contributed by atoms with Crippen LogP contribution in [-0.2, 0) is 13.1 Å². The summed E-state index contributed by atoms with van der Waals surface area (Å²) < 4.78 is 5.30. The number of furan rings is 1. The van der Waals surface area contributed by atoms with Gasteiger partial charge in [-0.2, -0.15) is 10.1 Å². The molecule has 0 aliphatic rings. The Balaban J connectivity index is 1.74. The van der Waals surface area contributed by atoms with Crippen molar-refractivity contribution < 1.29 is 4.42 Å². The zero-order chi connectivity index (χ0) is 16.8. The van der Waals surface area contributed by atoms with Crippen LogP contribution in [0.2, 0.25) is 0 Å². The molecular formula is C18H21N5O. The van der Waals surface area contributed by atoms with Crippen molar-refractivity contribution in [2.75, 3.05) is 10.2 Å². The molecule has 2 aromatic heterocycles. The van der Waals surface area contributed by atoms with Gasteiger partial charge in [-0.15, -0.1) is 5.10 Å². The van der Waals surface area contributed by atoms with Gasteiger partial charge in [-0.05, 0) is 31.5 Å². The highest BCUT2D eigenvalue weighted by molar-refractivity contribution is 5.42. The molecule has 0 saturated heterocycles. The smallest absolute Gasteiger partial charge is 0.245 e. The first kappa shape index (κ1) is 16.0. The van der Waals surface area contributed by atoms with Gasteiger partial charge in [0.25, 0.3) is 0 Å². The lowest BCUT2D eigenvalue weighted by Crippen LogP contribution is -2.31. The van der Waals surface area contributed by atoms with E-state index in [0.717, 1.165) is 18.1 Å². The molecule has 1 N–H and O–H groups in total. The molecule has 0 spiro atoms. The van der Waals surface area contributed by atoms with Gasteiger partial charge in [0.1, 0.15) is 5.76 Å². The molecule has 0 fully saturated rings. The normalized spacial score (nSPS) is 10.8. The Bertz CT molecular complexity index is 743. The molecule has 124 valence electrons. The first-order valence-corrected chi connectivity index (χ1v) is 7.99. The van der Waals surface area contributed by atoms with E-state index in [1.54, 1.807) is 12.5 Å². The highest BCUT2D eigenvalue weighted by atomic mass is 16.3. The fourth-order valence-corrected chi connectivity index (χ4v) is 2.40. The van der Waals surface area contributed by atoms with E-state index in [0.29, 0.717) is 18.5 Å². The van der Waals surface area contributed by atoms with Crippen molar-refractivity contribution in [3.8, 4) is 0 Å². The van der Waals surface area contributed by atoms with Crippen LogP contribution in [0.4, 0.5) is 11.8 Å². The molecule has 0 atom stereocenters. The third kappa shape index (κ3) is 4.10. The summed E-state index contributed by atoms with van der Waals surface area (Å²) in [5.41, 5.74) is 1.23. The number of nitrogens with zero attached hydrogens (tertiary/aromatic N) is 4. The van der Waals surface area contributed by atoms with Gasteiger partial charge in [0.15, 0.2) is 5.82 Å². The number of hydrogen-bond donors (Lipinski definition) is 1. The second-order valence-electron chi connectivity index (χ2n) is 5.78. The number of benzene rings is 1. The van der Waals surface area contributed by atoms with Gasteiger partial charge >= 0.3 is 0 Å². The molecule has 0 radical (unpaired) electrons. The minimum atomic E-state index is 0.292. The molecule has 6 nitrogen and oxygen atoms in total. The van der Waals surface area contributed by atoms with E-state index in [4.69, 9.17) is 4.42 Å². The number of rotatable bonds is 7. The van der Waals surface area contributed by atoms with E-state index in [9.17, 15) is 0 Å². The average Bonchev–Trinajstić information content (AvgIpc) is 3.12. The van der Waals surface area contributed by atoms with Crippen molar-refractivity contribution in [2.45, 2.75) is 33.0 Å². The standard InChI is InChI=1S/C18H21N5O/c1-14(2)23(13-15-7-4-3-5-8-15)17-12-20-22-18(21-17)19-11-16-9-6-10-24-16/h3-10,12,14H,11,13H2,1-2H3,(H,19,21,22). The Morgan fingerprint density at radius 1 is 1.12 bits per heavy atom. The number of nitrogens with one attached hydrogen (secondary N) is 1. The minimum absolute atomic E-state index is 0.292. The molecular weight excluding hydrogens is 302 g/mol. The summed E-state index contributed by atoms with van der Waals surface area (Å²) in [4.78, 5) is 6.79. The van der Waals surface area contributed by atoms with E-state index in [1.165, 1.54) is 5.56 Å². The van der Waals surface area contributed by atoms with Gasteiger partial charge in [-0.1, -0.05) is 30.3 Å². The Morgan fingerprint density at radius 3 is 2.67 bits per heavy atom. The van der Waals surface area contributed by atoms with Gasteiger partial charge in [0.2, 0.25) is 5.95 Å². The fraction of sp³-hybridized carbons (Fsp3) is 0.278. The molecule has 6 heteroatoms. The van der Waals surface area contributed by atoms with Crippen LogP contribution in [0.15, 0.2) is 59.3 Å². The van der Waals surface area contributed by atoms with Crippen molar-refractivity contribution in [1.82, 2.24) is 15.2 Å². The Morgan fingerprint density at radius 2 is 1.96 bits per heavy atom. The average molecular weight is 323 g/mol. The van der Waals surface area contributed by atoms with Crippen LogP contribution in [0.3, 0.4) is 0 Å². The number of anilines is 2. The van der Waals surface area contributed by atoms with Crippen molar-refractivity contribution in [2.24, 2.45) is 0 Å². The van der Waals surface area contributed by atoms with E-state index in [1.807, 2.05) is 30.3 Å². The van der Waals surface area contributed by atoms with Gasteiger partial charge in [0.05, 0.1) is 19.0 Å². The summed E-state index contributed by atoms with van der Waals surface area (Å²) in [5.74, 6) is 2.11. The molecule has 3 aromatic rings. The number of aromatic nitrogens is 3. The maximum absolute atomic E-state index is 5.30. The highest BCUT2D eigenvalue weighted by Crippen LogP contribution is 2.18. The first-order valence-electron chi connectivity index (χ1n) is 7.99. The fourth-order valence-electron chi connectivity index (χ4n) is 2.40. The maximum Gasteiger partial charge on any atom is 0.245 e. The molecule has 0 saturated carbocycles. The molecule has 3 rings (SSSR count). The van der Waals surface area contributed by atoms with Crippen molar-refractivity contribution in [3.63, 3.8) is 0 Å². The van der Waals surface area contributed by atoms with Crippen LogP contribution < -0.4 is 10.2 Å². The molecule has 2 heterocycles. The molecule has 24 heavy (non-hydrogen) atoms. The van der Waals surface area contributed by atoms with Crippen LogP contribution in [0, 0.1) is 0 Å². The molecule has 0 amide bonds. The molecule has 0 aliphatic heterocycles. The Kier molecular flexibility index (Phi) is 5.05. The summed E-state index contributed by atoms with van der Waals surface area (Å²) in [6, 6.07) is 14.4. The van der Waals surface area contributed by atoms with Crippen molar-refractivity contribution in [1.29, 1.82) is 0 Å². The quantitative estimate of drug-likeness (QED) is 0.718. The van der Waals surface area contributed by atoms with Gasteiger partial charge in [0, 0.05) is 12.6 Å². The third-order valence-corrected chi connectivity index (χ3v) is 3.66. The van der Waals surface area contributed by atoms with E-state index < -0.39 is 0 Å². The predicted octanol–water partition coefficient (Wildman–Crippen LogP) is 3.49. The molecule has 0 unspecified atom stereocenters. The Hall–Kier alpha value is -2.89. The third-order valence-electron chi connectivity index (χ3n) is 3.66. The van der Waals surface area contributed by atoms with Crippen LogP contribution in [-0.4, -0.2) is 21.2 Å². The lowest BCUT2D eigenvalue weighted by atomic mass is 10.2. The SMILES string of the molecule is CC(C)N(Cc1ccccc1)c1cnnc(NCc2ccco2)n1. The topological polar surface area (TPSA) is 67.1 Å². The van der Waals surface area contributed by atoms with Gasteiger partial charge in [-0.3, -0.25) is 0 Å². The Labute approximate surface area is 141 Å². The lowest BCUT2D eigenvalue weighted by Gasteiger charge is -2.27. The van der Waals surface area contributed by atoms with Gasteiger partial charge in [-0.25, -0.2) is 0 Å². The molecule has 1 aromatic carbocycles. The van der Waals surface area contributed by atoms with Crippen LogP contribution in [0.1, 0.15) is 25.2 Å². The highest BCUT2D eigenvalue weighted by Gasteiger charge is 2.14. The second kappa shape index (κ2) is 7.59. The van der Waals surface area contributed by atoms with Crippen molar-refractivity contribution in [3.05, 3.63) is 66.2 Å². The number of hydrogen-bond acceptors (Lipinski definition) is 6. The van der Waals surface area contributed by atoms with E-state index in [2.05, 4.69) is 51.4 Å². The summed E-state index contributed by atoms with van der Waals surface area (Å²) >= 11 is 0. The largest absolute Gasteiger partial charge is 0.467 e. The van der Waals surface area contributed by atoms with E-state index >= 15 is 0 Å². The molecule has 0 bridgehead atoms. The minimum Gasteiger partial charge on any atom is -0.467 e. The van der Waals surface area contributed by atoms with Crippen LogP contribution in [0.5, 0.6) is 0 Å². The summed E-state index contributed by atoms with van der Waals surface area (Å²) in [6.45, 7) is 5.58. The van der Waals surface area contributed by atoms with Crippen LogP contribution in [0.25, 0.3) is 0 Å². The summed E-state index contributed by atoms with van der Waals surface area (Å²) in [6.07, 6.45) is 3.34. The second-order valence-corrected chi connectivity index (χ2v) is 5.78. The zero-order valence-electron chi connectivity index (χ0n) is 13.9. The monoisotopic (exact) mass is 323 g/mol. The summed E-state index contributed by atoms with van der Waals surface area (Å²) in [5, 5.41) is 11.3. The van der Waals surface area contributed by atoms with Crippen LogP contribution >= 0.6 is 0 Å².